The van der Waals surface area contributed by atoms with Crippen LogP contribution in [-0.4, -0.2) is 19.2 Å². The summed E-state index contributed by atoms with van der Waals surface area (Å²) in [6.45, 7) is 4.03. The van der Waals surface area contributed by atoms with Crippen molar-refractivity contribution >= 4 is 16.6 Å². The third kappa shape index (κ3) is 2.46. The standard InChI is InChI=1S/C19H20N2O2/c1-11-7-5-6-8-13(11)16-10-14-15(19(20)21-16)9-12(2)17(22-3)18(14)23-4/h5-10H,1-4H3,(H2,20,21). The Kier molecular flexibility index (Phi) is 3.82. The Morgan fingerprint density at radius 2 is 1.57 bits per heavy atom. The third-order valence-electron chi connectivity index (χ3n) is 4.09. The predicted octanol–water partition coefficient (Wildman–Crippen LogP) is 4.12. The molecule has 2 N–H and O–H groups in total. The number of hydrogen-bond donors (Lipinski definition) is 1. The first-order valence-electron chi connectivity index (χ1n) is 7.44. The molecule has 0 radical (unpaired) electrons. The number of aryl methyl sites for hydroxylation is 2. The average Bonchev–Trinajstić information content (AvgIpc) is 2.54. The molecule has 0 bridgehead atoms. The molecule has 0 aliphatic rings. The van der Waals surface area contributed by atoms with E-state index in [-0.39, 0.29) is 0 Å². The van der Waals surface area contributed by atoms with E-state index in [9.17, 15) is 0 Å². The smallest absolute Gasteiger partial charge is 0.169 e. The Labute approximate surface area is 135 Å². The monoisotopic (exact) mass is 308 g/mol. The minimum Gasteiger partial charge on any atom is -0.493 e. The van der Waals surface area contributed by atoms with Gasteiger partial charge in [-0.15, -0.1) is 0 Å². The first kappa shape index (κ1) is 15.2. The third-order valence-corrected chi connectivity index (χ3v) is 4.09. The van der Waals surface area contributed by atoms with Gasteiger partial charge in [-0.3, -0.25) is 0 Å². The zero-order chi connectivity index (χ0) is 16.6. The molecule has 0 unspecified atom stereocenters. The number of methoxy groups -OCH3 is 2. The van der Waals surface area contributed by atoms with Crippen LogP contribution in [0.3, 0.4) is 0 Å². The van der Waals surface area contributed by atoms with Gasteiger partial charge in [0.25, 0.3) is 0 Å². The molecule has 0 spiro atoms. The molecule has 1 heterocycles. The summed E-state index contributed by atoms with van der Waals surface area (Å²) in [5.74, 6) is 1.90. The van der Waals surface area contributed by atoms with E-state index in [1.54, 1.807) is 14.2 Å². The average molecular weight is 308 g/mol. The van der Waals surface area contributed by atoms with Crippen LogP contribution in [0.1, 0.15) is 11.1 Å². The van der Waals surface area contributed by atoms with Crippen LogP contribution in [0.5, 0.6) is 11.5 Å². The van der Waals surface area contributed by atoms with Gasteiger partial charge in [-0.05, 0) is 37.1 Å². The first-order chi connectivity index (χ1) is 11.1. The van der Waals surface area contributed by atoms with Crippen LogP contribution in [0.4, 0.5) is 5.82 Å². The van der Waals surface area contributed by atoms with Gasteiger partial charge in [-0.25, -0.2) is 4.98 Å². The number of fused-ring (bicyclic) bond motifs is 1. The number of aromatic nitrogens is 1. The Morgan fingerprint density at radius 1 is 0.870 bits per heavy atom. The lowest BCUT2D eigenvalue weighted by atomic mass is 10.0. The molecule has 0 saturated carbocycles. The number of anilines is 1. The zero-order valence-electron chi connectivity index (χ0n) is 13.8. The largest absolute Gasteiger partial charge is 0.493 e. The number of nitrogen functional groups attached to an aromatic ring is 1. The van der Waals surface area contributed by atoms with Crippen molar-refractivity contribution in [1.29, 1.82) is 0 Å². The summed E-state index contributed by atoms with van der Waals surface area (Å²) in [6, 6.07) is 12.1. The number of hydrogen-bond acceptors (Lipinski definition) is 4. The molecular weight excluding hydrogens is 288 g/mol. The molecule has 1 aromatic heterocycles. The topological polar surface area (TPSA) is 57.4 Å². The van der Waals surface area contributed by atoms with Crippen LogP contribution in [0.2, 0.25) is 0 Å². The molecule has 23 heavy (non-hydrogen) atoms. The second kappa shape index (κ2) is 5.80. The van der Waals surface area contributed by atoms with Gasteiger partial charge >= 0.3 is 0 Å². The molecular formula is C19H20N2O2. The Hall–Kier alpha value is -2.75. The summed E-state index contributed by atoms with van der Waals surface area (Å²) in [7, 11) is 3.28. The highest BCUT2D eigenvalue weighted by molar-refractivity contribution is 6.00. The van der Waals surface area contributed by atoms with Gasteiger partial charge < -0.3 is 15.2 Å². The molecule has 3 rings (SSSR count). The second-order valence-electron chi connectivity index (χ2n) is 5.56. The fraction of sp³-hybridized carbons (Fsp3) is 0.211. The Bertz CT molecular complexity index is 888. The van der Waals surface area contributed by atoms with Gasteiger partial charge in [0.2, 0.25) is 0 Å². The lowest BCUT2D eigenvalue weighted by Gasteiger charge is -2.16. The zero-order valence-corrected chi connectivity index (χ0v) is 13.8. The maximum absolute atomic E-state index is 6.22. The van der Waals surface area contributed by atoms with E-state index < -0.39 is 0 Å². The van der Waals surface area contributed by atoms with Crippen molar-refractivity contribution in [1.82, 2.24) is 4.98 Å². The number of benzene rings is 2. The number of ether oxygens (including phenoxy) is 2. The number of pyridine rings is 1. The van der Waals surface area contributed by atoms with E-state index in [4.69, 9.17) is 15.2 Å². The first-order valence-corrected chi connectivity index (χ1v) is 7.44. The van der Waals surface area contributed by atoms with Gasteiger partial charge in [0.15, 0.2) is 11.5 Å². The highest BCUT2D eigenvalue weighted by Gasteiger charge is 2.16. The lowest BCUT2D eigenvalue weighted by molar-refractivity contribution is 0.356. The van der Waals surface area contributed by atoms with Crippen molar-refractivity contribution in [2.45, 2.75) is 13.8 Å². The summed E-state index contributed by atoms with van der Waals surface area (Å²) in [5, 5.41) is 1.78. The normalized spacial score (nSPS) is 10.8. The summed E-state index contributed by atoms with van der Waals surface area (Å²) in [5.41, 5.74) is 10.2. The summed E-state index contributed by atoms with van der Waals surface area (Å²) in [6.07, 6.45) is 0. The van der Waals surface area contributed by atoms with Gasteiger partial charge in [0.1, 0.15) is 5.82 Å². The number of nitrogens with two attached hydrogens (primary N) is 1. The molecule has 0 saturated heterocycles. The predicted molar refractivity (Wildman–Crippen MR) is 94.2 cm³/mol. The van der Waals surface area contributed by atoms with Crippen molar-refractivity contribution in [3.63, 3.8) is 0 Å². The minimum absolute atomic E-state index is 0.491. The SMILES string of the molecule is COc1c(C)cc2c(N)nc(-c3ccccc3C)cc2c1OC. The van der Waals surface area contributed by atoms with Crippen molar-refractivity contribution in [3.8, 4) is 22.8 Å². The molecule has 3 aromatic rings. The van der Waals surface area contributed by atoms with Crippen LogP contribution in [0, 0.1) is 13.8 Å². The van der Waals surface area contributed by atoms with Gasteiger partial charge in [0.05, 0.1) is 19.9 Å². The summed E-state index contributed by atoms with van der Waals surface area (Å²) in [4.78, 5) is 4.59. The van der Waals surface area contributed by atoms with Crippen LogP contribution >= 0.6 is 0 Å². The van der Waals surface area contributed by atoms with E-state index in [0.717, 1.165) is 38.9 Å². The molecule has 0 amide bonds. The molecule has 0 aliphatic heterocycles. The molecule has 2 aromatic carbocycles. The fourth-order valence-corrected chi connectivity index (χ4v) is 2.95. The molecule has 4 nitrogen and oxygen atoms in total. The minimum atomic E-state index is 0.491. The highest BCUT2D eigenvalue weighted by atomic mass is 16.5. The van der Waals surface area contributed by atoms with E-state index in [1.807, 2.05) is 37.3 Å². The van der Waals surface area contributed by atoms with Gasteiger partial charge in [-0.1, -0.05) is 24.3 Å². The van der Waals surface area contributed by atoms with E-state index in [2.05, 4.69) is 18.0 Å². The Morgan fingerprint density at radius 3 is 2.22 bits per heavy atom. The van der Waals surface area contributed by atoms with E-state index in [1.165, 1.54) is 0 Å². The maximum Gasteiger partial charge on any atom is 0.169 e. The molecule has 0 fully saturated rings. The second-order valence-corrected chi connectivity index (χ2v) is 5.56. The van der Waals surface area contributed by atoms with Crippen LogP contribution in [-0.2, 0) is 0 Å². The molecule has 0 aliphatic carbocycles. The van der Waals surface area contributed by atoms with Crippen molar-refractivity contribution in [3.05, 3.63) is 47.5 Å². The van der Waals surface area contributed by atoms with Gasteiger partial charge in [0, 0.05) is 16.3 Å². The number of nitrogens with zero attached hydrogens (tertiary/aromatic N) is 1. The van der Waals surface area contributed by atoms with E-state index in [0.29, 0.717) is 11.6 Å². The van der Waals surface area contributed by atoms with Gasteiger partial charge in [-0.2, -0.15) is 0 Å². The quantitative estimate of drug-likeness (QED) is 0.791. The van der Waals surface area contributed by atoms with Crippen molar-refractivity contribution in [2.24, 2.45) is 0 Å². The lowest BCUT2D eigenvalue weighted by Crippen LogP contribution is -2.00. The van der Waals surface area contributed by atoms with Crippen molar-refractivity contribution in [2.75, 3.05) is 20.0 Å². The van der Waals surface area contributed by atoms with Crippen LogP contribution in [0.15, 0.2) is 36.4 Å². The van der Waals surface area contributed by atoms with Crippen LogP contribution in [0.25, 0.3) is 22.0 Å². The Balaban J connectivity index is 2.37. The summed E-state index contributed by atoms with van der Waals surface area (Å²) < 4.78 is 11.1. The van der Waals surface area contributed by atoms with Crippen LogP contribution < -0.4 is 15.2 Å². The van der Waals surface area contributed by atoms with E-state index >= 15 is 0 Å². The molecule has 0 atom stereocenters. The highest BCUT2D eigenvalue weighted by Crippen LogP contribution is 2.41. The molecule has 118 valence electrons. The number of rotatable bonds is 3. The molecule has 4 heteroatoms. The maximum atomic E-state index is 6.22. The van der Waals surface area contributed by atoms with Crippen molar-refractivity contribution < 1.29 is 9.47 Å². The summed E-state index contributed by atoms with van der Waals surface area (Å²) >= 11 is 0. The fourth-order valence-electron chi connectivity index (χ4n) is 2.95.